The number of nitrogens with one attached hydrogen (secondary N) is 1. The van der Waals surface area contributed by atoms with Gasteiger partial charge in [0.15, 0.2) is 5.76 Å². The summed E-state index contributed by atoms with van der Waals surface area (Å²) in [6, 6.07) is 8.68. The lowest BCUT2D eigenvalue weighted by molar-refractivity contribution is -0.131. The van der Waals surface area contributed by atoms with Gasteiger partial charge >= 0.3 is 0 Å². The number of benzene rings is 1. The lowest BCUT2D eigenvalue weighted by Crippen LogP contribution is -2.50. The average Bonchev–Trinajstić information content (AvgIpc) is 3.05. The molecule has 1 N–H and O–H groups in total. The number of hydrogen-bond acceptors (Lipinski definition) is 5. The highest BCUT2D eigenvalue weighted by molar-refractivity contribution is 6.33. The van der Waals surface area contributed by atoms with Gasteiger partial charge in [-0.1, -0.05) is 28.9 Å². The van der Waals surface area contributed by atoms with E-state index in [4.69, 9.17) is 16.1 Å². The molecule has 3 rings (SSSR count). The topological polar surface area (TPSA) is 78.7 Å². The van der Waals surface area contributed by atoms with E-state index in [-0.39, 0.29) is 18.4 Å². The smallest absolute Gasteiger partial charge is 0.253 e. The molecule has 0 radical (unpaired) electrons. The first-order valence-corrected chi connectivity index (χ1v) is 8.86. The molecule has 2 heterocycles. The number of carbonyl (C=O) groups excluding carboxylic acids is 2. The predicted molar refractivity (Wildman–Crippen MR) is 96.9 cm³/mol. The maximum atomic E-state index is 12.3. The third-order valence-electron chi connectivity index (χ3n) is 4.30. The molecule has 1 fully saturated rings. The third kappa shape index (κ3) is 4.62. The van der Waals surface area contributed by atoms with Crippen LogP contribution in [0, 0.1) is 6.92 Å². The van der Waals surface area contributed by atoms with E-state index in [1.165, 1.54) is 0 Å². The fourth-order valence-electron chi connectivity index (χ4n) is 2.87. The molecule has 2 aromatic rings. The summed E-state index contributed by atoms with van der Waals surface area (Å²) in [6.45, 7) is 5.29. The van der Waals surface area contributed by atoms with Crippen LogP contribution in [-0.4, -0.2) is 59.5 Å². The standard InChI is InChI=1S/C18H21ClN4O3/c1-13-10-14(26-21-13)12-22-6-8-23(9-7-22)17(24)11-20-18(25)15-4-2-3-5-16(15)19/h2-5,10H,6-9,11-12H2,1H3,(H,20,25). The summed E-state index contributed by atoms with van der Waals surface area (Å²) in [5.74, 6) is 0.387. The second-order valence-corrected chi connectivity index (χ2v) is 6.66. The molecule has 7 nitrogen and oxygen atoms in total. The minimum absolute atomic E-state index is 0.0364. The molecule has 0 atom stereocenters. The Kier molecular flexibility index (Phi) is 5.90. The summed E-state index contributed by atoms with van der Waals surface area (Å²) in [7, 11) is 0. The van der Waals surface area contributed by atoms with E-state index in [1.54, 1.807) is 29.2 Å². The van der Waals surface area contributed by atoms with E-state index in [2.05, 4.69) is 15.4 Å². The molecule has 1 aliphatic heterocycles. The molecule has 0 aliphatic carbocycles. The van der Waals surface area contributed by atoms with Gasteiger partial charge in [-0.3, -0.25) is 14.5 Å². The van der Waals surface area contributed by atoms with Crippen LogP contribution in [0.2, 0.25) is 5.02 Å². The van der Waals surface area contributed by atoms with Crippen LogP contribution in [0.4, 0.5) is 0 Å². The summed E-state index contributed by atoms with van der Waals surface area (Å²) < 4.78 is 5.23. The van der Waals surface area contributed by atoms with E-state index < -0.39 is 0 Å². The van der Waals surface area contributed by atoms with Crippen LogP contribution in [0.3, 0.4) is 0 Å². The zero-order chi connectivity index (χ0) is 18.5. The van der Waals surface area contributed by atoms with E-state index in [9.17, 15) is 9.59 Å². The Hall–Kier alpha value is -2.38. The summed E-state index contributed by atoms with van der Waals surface area (Å²) in [5.41, 5.74) is 1.23. The van der Waals surface area contributed by atoms with Crippen molar-refractivity contribution < 1.29 is 14.1 Å². The molecule has 0 spiro atoms. The van der Waals surface area contributed by atoms with Gasteiger partial charge in [-0.2, -0.15) is 0 Å². The van der Waals surface area contributed by atoms with Gasteiger partial charge < -0.3 is 14.7 Å². The van der Waals surface area contributed by atoms with Crippen molar-refractivity contribution >= 4 is 23.4 Å². The SMILES string of the molecule is Cc1cc(CN2CCN(C(=O)CNC(=O)c3ccccc3Cl)CC2)on1. The first-order valence-electron chi connectivity index (χ1n) is 8.48. The van der Waals surface area contributed by atoms with Crippen molar-refractivity contribution in [2.24, 2.45) is 0 Å². The molecule has 1 aromatic carbocycles. The summed E-state index contributed by atoms with van der Waals surface area (Å²) >= 11 is 5.99. The number of aromatic nitrogens is 1. The molecule has 0 unspecified atom stereocenters. The Balaban J connectivity index is 1.43. The second-order valence-electron chi connectivity index (χ2n) is 6.25. The van der Waals surface area contributed by atoms with E-state index in [1.807, 2.05) is 13.0 Å². The quantitative estimate of drug-likeness (QED) is 0.859. The molecule has 0 saturated carbocycles. The van der Waals surface area contributed by atoms with Crippen molar-refractivity contribution in [1.82, 2.24) is 20.3 Å². The van der Waals surface area contributed by atoms with E-state index in [0.29, 0.717) is 30.2 Å². The normalized spacial score (nSPS) is 15.1. The summed E-state index contributed by atoms with van der Waals surface area (Å²) in [5, 5.41) is 6.89. The van der Waals surface area contributed by atoms with Crippen molar-refractivity contribution in [3.63, 3.8) is 0 Å². The van der Waals surface area contributed by atoms with Crippen molar-refractivity contribution in [1.29, 1.82) is 0 Å². The lowest BCUT2D eigenvalue weighted by Gasteiger charge is -2.34. The van der Waals surface area contributed by atoms with Gasteiger partial charge in [-0.15, -0.1) is 0 Å². The molecule has 138 valence electrons. The Bertz CT molecular complexity index is 784. The number of aryl methyl sites for hydroxylation is 1. The molecule has 0 bridgehead atoms. The van der Waals surface area contributed by atoms with Crippen LogP contribution in [0.25, 0.3) is 0 Å². The Morgan fingerprint density at radius 2 is 1.96 bits per heavy atom. The molecule has 26 heavy (non-hydrogen) atoms. The number of carbonyl (C=O) groups is 2. The molecule has 1 saturated heterocycles. The summed E-state index contributed by atoms with van der Waals surface area (Å²) in [6.07, 6.45) is 0. The van der Waals surface area contributed by atoms with Crippen molar-refractivity contribution in [3.8, 4) is 0 Å². The first-order chi connectivity index (χ1) is 12.5. The number of halogens is 1. The largest absolute Gasteiger partial charge is 0.360 e. The van der Waals surface area contributed by atoms with Gasteiger partial charge in [0.1, 0.15) is 0 Å². The second kappa shape index (κ2) is 8.33. The molecule has 8 heteroatoms. The van der Waals surface area contributed by atoms with Crippen LogP contribution >= 0.6 is 11.6 Å². The van der Waals surface area contributed by atoms with Gasteiger partial charge in [-0.05, 0) is 19.1 Å². The lowest BCUT2D eigenvalue weighted by atomic mass is 10.2. The fraction of sp³-hybridized carbons (Fsp3) is 0.389. The monoisotopic (exact) mass is 376 g/mol. The van der Waals surface area contributed by atoms with E-state index >= 15 is 0 Å². The third-order valence-corrected chi connectivity index (χ3v) is 4.63. The Labute approximate surface area is 156 Å². The minimum Gasteiger partial charge on any atom is -0.360 e. The van der Waals surface area contributed by atoms with Crippen LogP contribution in [0.1, 0.15) is 21.8 Å². The maximum Gasteiger partial charge on any atom is 0.253 e. The molecular weight excluding hydrogens is 356 g/mol. The van der Waals surface area contributed by atoms with Gasteiger partial charge in [0.25, 0.3) is 5.91 Å². The fourth-order valence-corrected chi connectivity index (χ4v) is 3.10. The van der Waals surface area contributed by atoms with Crippen LogP contribution in [0.5, 0.6) is 0 Å². The zero-order valence-corrected chi connectivity index (χ0v) is 15.3. The number of amides is 2. The van der Waals surface area contributed by atoms with Gasteiger partial charge in [0.2, 0.25) is 5.91 Å². The van der Waals surface area contributed by atoms with Crippen LogP contribution < -0.4 is 5.32 Å². The summed E-state index contributed by atoms with van der Waals surface area (Å²) in [4.78, 5) is 28.4. The van der Waals surface area contributed by atoms with Gasteiger partial charge in [0.05, 0.1) is 29.4 Å². The van der Waals surface area contributed by atoms with Crippen LogP contribution in [0.15, 0.2) is 34.9 Å². The van der Waals surface area contributed by atoms with Crippen LogP contribution in [-0.2, 0) is 11.3 Å². The predicted octanol–water partition coefficient (Wildman–Crippen LogP) is 1.71. The molecule has 1 aromatic heterocycles. The minimum atomic E-state index is -0.344. The first kappa shape index (κ1) is 18.4. The number of piperazine rings is 1. The van der Waals surface area contributed by atoms with Crippen molar-refractivity contribution in [3.05, 3.63) is 52.4 Å². The molecule has 2 amide bonds. The highest BCUT2D eigenvalue weighted by Crippen LogP contribution is 2.14. The Morgan fingerprint density at radius 1 is 1.23 bits per heavy atom. The number of hydrogen-bond donors (Lipinski definition) is 1. The molecule has 1 aliphatic rings. The Morgan fingerprint density at radius 3 is 2.62 bits per heavy atom. The highest BCUT2D eigenvalue weighted by atomic mass is 35.5. The number of rotatable bonds is 5. The van der Waals surface area contributed by atoms with Gasteiger partial charge in [-0.25, -0.2) is 0 Å². The van der Waals surface area contributed by atoms with E-state index in [0.717, 1.165) is 24.5 Å². The zero-order valence-electron chi connectivity index (χ0n) is 14.6. The highest BCUT2D eigenvalue weighted by Gasteiger charge is 2.22. The number of nitrogens with zero attached hydrogens (tertiary/aromatic N) is 3. The van der Waals surface area contributed by atoms with Gasteiger partial charge in [0, 0.05) is 32.2 Å². The average molecular weight is 377 g/mol. The molecular formula is C18H21ClN4O3. The van der Waals surface area contributed by atoms with Crippen molar-refractivity contribution in [2.45, 2.75) is 13.5 Å². The maximum absolute atomic E-state index is 12.3. The van der Waals surface area contributed by atoms with Crippen molar-refractivity contribution in [2.75, 3.05) is 32.7 Å².